The molecule has 1 heterocycles. The molecule has 2 N–H and O–H groups in total. The highest BCUT2D eigenvalue weighted by Gasteiger charge is 2.23. The molecule has 0 aromatic rings. The number of carbonyl (C=O) groups excluding carboxylic acids is 1. The number of nitrogens with zero attached hydrogens (tertiary/aromatic N) is 1. The Kier molecular flexibility index (Phi) is 5.04. The van der Waals surface area contributed by atoms with Crippen LogP contribution in [0.15, 0.2) is 0 Å². The van der Waals surface area contributed by atoms with E-state index in [1.807, 2.05) is 6.92 Å². The second kappa shape index (κ2) is 6.32. The quantitative estimate of drug-likeness (QED) is 0.727. The molecule has 0 aromatic heterocycles. The van der Waals surface area contributed by atoms with Crippen molar-refractivity contribution in [2.45, 2.75) is 25.9 Å². The standard InChI is InChI=1S/C10H18N2O4/c1-2-16-8-4-3-5-12(7-8)10(15)11-6-9(13)14/h8H,2-7H2,1H3,(H,11,15)(H,13,14). The minimum atomic E-state index is -1.04. The molecule has 1 aliphatic rings. The van der Waals surface area contributed by atoms with Gasteiger partial charge in [-0.25, -0.2) is 4.79 Å². The molecule has 0 bridgehead atoms. The SMILES string of the molecule is CCOC1CCCN(C(=O)NCC(=O)O)C1. The number of ether oxygens (including phenoxy) is 1. The van der Waals surface area contributed by atoms with Crippen molar-refractivity contribution in [2.75, 3.05) is 26.2 Å². The zero-order chi connectivity index (χ0) is 12.0. The molecule has 0 saturated carbocycles. The van der Waals surface area contributed by atoms with Crippen LogP contribution in [0.1, 0.15) is 19.8 Å². The summed E-state index contributed by atoms with van der Waals surface area (Å²) in [7, 11) is 0. The van der Waals surface area contributed by atoms with Crippen LogP contribution in [-0.2, 0) is 9.53 Å². The fraction of sp³-hybridized carbons (Fsp3) is 0.800. The van der Waals surface area contributed by atoms with E-state index in [0.717, 1.165) is 12.8 Å². The minimum Gasteiger partial charge on any atom is -0.480 e. The lowest BCUT2D eigenvalue weighted by Crippen LogP contribution is -2.48. The van der Waals surface area contributed by atoms with E-state index in [4.69, 9.17) is 9.84 Å². The first-order chi connectivity index (χ1) is 7.63. The highest BCUT2D eigenvalue weighted by atomic mass is 16.5. The monoisotopic (exact) mass is 230 g/mol. The fourth-order valence-corrected chi connectivity index (χ4v) is 1.76. The number of aliphatic carboxylic acids is 1. The third-order valence-corrected chi connectivity index (χ3v) is 2.46. The number of carboxylic acid groups (broad SMARTS) is 1. The van der Waals surface area contributed by atoms with Crippen LogP contribution in [-0.4, -0.2) is 54.4 Å². The van der Waals surface area contributed by atoms with Crippen molar-refractivity contribution in [3.63, 3.8) is 0 Å². The predicted molar refractivity (Wildman–Crippen MR) is 57.3 cm³/mol. The van der Waals surface area contributed by atoms with Gasteiger partial charge < -0.3 is 20.1 Å². The van der Waals surface area contributed by atoms with Gasteiger partial charge in [-0.1, -0.05) is 0 Å². The lowest BCUT2D eigenvalue weighted by Gasteiger charge is -2.32. The third kappa shape index (κ3) is 4.06. The number of urea groups is 1. The van der Waals surface area contributed by atoms with Crippen LogP contribution in [0, 0.1) is 0 Å². The number of carboxylic acids is 1. The van der Waals surface area contributed by atoms with Gasteiger partial charge in [-0.3, -0.25) is 4.79 Å². The molecular formula is C10H18N2O4. The molecule has 0 aliphatic carbocycles. The first-order valence-electron chi connectivity index (χ1n) is 5.49. The van der Waals surface area contributed by atoms with Crippen molar-refractivity contribution in [3.8, 4) is 0 Å². The molecule has 1 aliphatic heterocycles. The number of hydrogen-bond donors (Lipinski definition) is 2. The van der Waals surface area contributed by atoms with E-state index in [9.17, 15) is 9.59 Å². The number of rotatable bonds is 4. The Labute approximate surface area is 94.6 Å². The van der Waals surface area contributed by atoms with Crippen LogP contribution < -0.4 is 5.32 Å². The van der Waals surface area contributed by atoms with Gasteiger partial charge in [-0.05, 0) is 19.8 Å². The van der Waals surface area contributed by atoms with Gasteiger partial charge in [-0.2, -0.15) is 0 Å². The molecule has 2 amide bonds. The summed E-state index contributed by atoms with van der Waals surface area (Å²) in [5.41, 5.74) is 0. The Balaban J connectivity index is 2.34. The summed E-state index contributed by atoms with van der Waals surface area (Å²) in [6.45, 7) is 3.42. The summed E-state index contributed by atoms with van der Waals surface area (Å²) in [5, 5.41) is 10.8. The van der Waals surface area contributed by atoms with E-state index < -0.39 is 5.97 Å². The Bertz CT molecular complexity index is 255. The molecule has 6 heteroatoms. The normalized spacial score (nSPS) is 20.6. The van der Waals surface area contributed by atoms with Gasteiger partial charge in [-0.15, -0.1) is 0 Å². The maximum Gasteiger partial charge on any atom is 0.323 e. The second-order valence-corrected chi connectivity index (χ2v) is 3.72. The van der Waals surface area contributed by atoms with Crippen molar-refractivity contribution in [2.24, 2.45) is 0 Å². The van der Waals surface area contributed by atoms with Crippen LogP contribution in [0.4, 0.5) is 4.79 Å². The van der Waals surface area contributed by atoms with Crippen LogP contribution >= 0.6 is 0 Å². The van der Waals surface area contributed by atoms with E-state index in [1.54, 1.807) is 4.90 Å². The summed E-state index contributed by atoms with van der Waals surface area (Å²) < 4.78 is 5.45. The minimum absolute atomic E-state index is 0.0781. The highest BCUT2D eigenvalue weighted by molar-refractivity contribution is 5.80. The van der Waals surface area contributed by atoms with Crippen LogP contribution in [0.3, 0.4) is 0 Å². The molecule has 1 fully saturated rings. The van der Waals surface area contributed by atoms with Gasteiger partial charge in [0, 0.05) is 19.7 Å². The number of piperidine rings is 1. The van der Waals surface area contributed by atoms with Gasteiger partial charge in [0.25, 0.3) is 0 Å². The van der Waals surface area contributed by atoms with Crippen molar-refractivity contribution in [1.29, 1.82) is 0 Å². The smallest absolute Gasteiger partial charge is 0.323 e. The Hall–Kier alpha value is -1.30. The first kappa shape index (κ1) is 12.8. The molecule has 0 radical (unpaired) electrons. The van der Waals surface area contributed by atoms with Crippen molar-refractivity contribution in [3.05, 3.63) is 0 Å². The van der Waals surface area contributed by atoms with E-state index in [-0.39, 0.29) is 18.7 Å². The maximum absolute atomic E-state index is 11.5. The summed E-state index contributed by atoms with van der Waals surface area (Å²) >= 11 is 0. The van der Waals surface area contributed by atoms with E-state index in [2.05, 4.69) is 5.32 Å². The van der Waals surface area contributed by atoms with Gasteiger partial charge in [0.15, 0.2) is 0 Å². The molecular weight excluding hydrogens is 212 g/mol. The van der Waals surface area contributed by atoms with Crippen molar-refractivity contribution < 1.29 is 19.4 Å². The summed E-state index contributed by atoms with van der Waals surface area (Å²) in [4.78, 5) is 23.4. The molecule has 1 saturated heterocycles. The molecule has 0 aromatic carbocycles. The Morgan fingerprint density at radius 1 is 1.56 bits per heavy atom. The van der Waals surface area contributed by atoms with Gasteiger partial charge in [0.05, 0.1) is 6.10 Å². The second-order valence-electron chi connectivity index (χ2n) is 3.72. The van der Waals surface area contributed by atoms with E-state index in [1.165, 1.54) is 0 Å². The number of carbonyl (C=O) groups is 2. The summed E-state index contributed by atoms with van der Waals surface area (Å²) in [6, 6.07) is -0.327. The summed E-state index contributed by atoms with van der Waals surface area (Å²) in [6.07, 6.45) is 1.93. The number of nitrogens with one attached hydrogen (secondary N) is 1. The first-order valence-corrected chi connectivity index (χ1v) is 5.49. The molecule has 1 unspecified atom stereocenters. The highest BCUT2D eigenvalue weighted by Crippen LogP contribution is 2.12. The van der Waals surface area contributed by atoms with Crippen LogP contribution in [0.5, 0.6) is 0 Å². The average molecular weight is 230 g/mol. The molecule has 1 atom stereocenters. The average Bonchev–Trinajstić information content (AvgIpc) is 2.26. The number of likely N-dealkylation sites (tertiary alicyclic amines) is 1. The van der Waals surface area contributed by atoms with Gasteiger partial charge in [0.1, 0.15) is 6.54 Å². The lowest BCUT2D eigenvalue weighted by atomic mass is 10.1. The van der Waals surface area contributed by atoms with Crippen LogP contribution in [0.2, 0.25) is 0 Å². The third-order valence-electron chi connectivity index (χ3n) is 2.46. The fourth-order valence-electron chi connectivity index (χ4n) is 1.76. The number of hydrogen-bond acceptors (Lipinski definition) is 3. The molecule has 1 rings (SSSR count). The van der Waals surface area contributed by atoms with Crippen LogP contribution in [0.25, 0.3) is 0 Å². The maximum atomic E-state index is 11.5. The van der Waals surface area contributed by atoms with Crippen molar-refractivity contribution in [1.82, 2.24) is 10.2 Å². The lowest BCUT2D eigenvalue weighted by molar-refractivity contribution is -0.135. The largest absolute Gasteiger partial charge is 0.480 e. The Morgan fingerprint density at radius 2 is 2.31 bits per heavy atom. The predicted octanol–water partition coefficient (Wildman–Crippen LogP) is 0.281. The molecule has 6 nitrogen and oxygen atoms in total. The zero-order valence-electron chi connectivity index (χ0n) is 9.44. The van der Waals surface area contributed by atoms with E-state index in [0.29, 0.717) is 19.7 Å². The molecule has 92 valence electrons. The topological polar surface area (TPSA) is 78.9 Å². The molecule has 16 heavy (non-hydrogen) atoms. The zero-order valence-corrected chi connectivity index (χ0v) is 9.44. The van der Waals surface area contributed by atoms with E-state index >= 15 is 0 Å². The summed E-state index contributed by atoms with van der Waals surface area (Å²) in [5.74, 6) is -1.04. The van der Waals surface area contributed by atoms with Gasteiger partial charge in [0.2, 0.25) is 0 Å². The van der Waals surface area contributed by atoms with Crippen molar-refractivity contribution >= 4 is 12.0 Å². The van der Waals surface area contributed by atoms with Gasteiger partial charge >= 0.3 is 12.0 Å². The molecule has 0 spiro atoms. The number of amides is 2. The Morgan fingerprint density at radius 3 is 2.94 bits per heavy atom.